The van der Waals surface area contributed by atoms with E-state index < -0.39 is 10.0 Å². The molecule has 34 heavy (non-hydrogen) atoms. The summed E-state index contributed by atoms with van der Waals surface area (Å²) in [6.07, 6.45) is 5.05. The molecule has 0 unspecified atom stereocenters. The number of rotatable bonds is 5. The number of sulfonamides is 1. The lowest BCUT2D eigenvalue weighted by molar-refractivity contribution is 0.0987. The number of carbonyl (C=O) groups excluding carboxylic acids is 1. The van der Waals surface area contributed by atoms with Crippen molar-refractivity contribution in [1.82, 2.24) is 8.87 Å². The summed E-state index contributed by atoms with van der Waals surface area (Å²) >= 11 is 0. The van der Waals surface area contributed by atoms with Crippen molar-refractivity contribution in [3.05, 3.63) is 93.9 Å². The number of piperidine rings is 1. The quantitative estimate of drug-likeness (QED) is 0.565. The summed E-state index contributed by atoms with van der Waals surface area (Å²) in [6.45, 7) is 1.89. The van der Waals surface area contributed by atoms with Crippen LogP contribution >= 0.6 is 0 Å². The predicted octanol–water partition coefficient (Wildman–Crippen LogP) is 3.27. The molecule has 3 aromatic rings. The van der Waals surface area contributed by atoms with Crippen LogP contribution in [0, 0.1) is 0 Å². The minimum Gasteiger partial charge on any atom is -0.310 e. The lowest BCUT2D eigenvalue weighted by atomic mass is 10.1. The number of amides is 1. The van der Waals surface area contributed by atoms with Gasteiger partial charge in [-0.25, -0.2) is 8.42 Å². The zero-order valence-electron chi connectivity index (χ0n) is 18.9. The highest BCUT2D eigenvalue weighted by Crippen LogP contribution is 2.32. The van der Waals surface area contributed by atoms with E-state index in [2.05, 4.69) is 0 Å². The van der Waals surface area contributed by atoms with Gasteiger partial charge in [0, 0.05) is 31.5 Å². The highest BCUT2D eigenvalue weighted by atomic mass is 32.2. The van der Waals surface area contributed by atoms with E-state index in [1.54, 1.807) is 45.7 Å². The molecule has 2 aromatic carbocycles. The average molecular weight is 478 g/mol. The van der Waals surface area contributed by atoms with Crippen molar-refractivity contribution in [3.8, 4) is 0 Å². The van der Waals surface area contributed by atoms with Crippen molar-refractivity contribution in [2.75, 3.05) is 24.5 Å². The summed E-state index contributed by atoms with van der Waals surface area (Å²) < 4.78 is 29.2. The molecule has 1 aromatic heterocycles. The van der Waals surface area contributed by atoms with Crippen LogP contribution in [0.5, 0.6) is 0 Å². The molecule has 3 heterocycles. The molecule has 1 amide bonds. The Balaban J connectivity index is 1.40. The number of anilines is 1. The second-order valence-corrected chi connectivity index (χ2v) is 10.7. The van der Waals surface area contributed by atoms with Crippen LogP contribution in [0.25, 0.3) is 0 Å². The fraction of sp³-hybridized carbons (Fsp3) is 0.308. The Hall–Kier alpha value is -3.23. The van der Waals surface area contributed by atoms with Crippen LogP contribution in [0.3, 0.4) is 0 Å². The molecular formula is C26H27N3O4S. The van der Waals surface area contributed by atoms with E-state index in [1.165, 1.54) is 4.57 Å². The first kappa shape index (κ1) is 22.6. The van der Waals surface area contributed by atoms with Crippen molar-refractivity contribution in [1.29, 1.82) is 0 Å². The zero-order valence-corrected chi connectivity index (χ0v) is 19.7. The molecule has 0 radical (unpaired) electrons. The molecule has 0 aliphatic carbocycles. The van der Waals surface area contributed by atoms with Gasteiger partial charge in [-0.3, -0.25) is 9.59 Å². The van der Waals surface area contributed by atoms with E-state index in [-0.39, 0.29) is 21.9 Å². The zero-order chi connectivity index (χ0) is 23.7. The smallest absolute Gasteiger partial charge is 0.263 e. The van der Waals surface area contributed by atoms with Crippen LogP contribution in [0.2, 0.25) is 0 Å². The predicted molar refractivity (Wildman–Crippen MR) is 131 cm³/mol. The Morgan fingerprint density at radius 1 is 0.882 bits per heavy atom. The van der Waals surface area contributed by atoms with Crippen LogP contribution < -0.4 is 10.5 Å². The molecule has 0 bridgehead atoms. The highest BCUT2D eigenvalue weighted by molar-refractivity contribution is 7.89. The van der Waals surface area contributed by atoms with Crippen LogP contribution in [-0.4, -0.2) is 42.8 Å². The third-order valence-electron chi connectivity index (χ3n) is 6.59. The molecule has 8 heteroatoms. The third-order valence-corrected chi connectivity index (χ3v) is 8.49. The Morgan fingerprint density at radius 2 is 1.65 bits per heavy atom. The van der Waals surface area contributed by atoms with Gasteiger partial charge in [-0.15, -0.1) is 0 Å². The molecule has 7 nitrogen and oxygen atoms in total. The monoisotopic (exact) mass is 477 g/mol. The number of hydrogen-bond acceptors (Lipinski definition) is 4. The first-order valence-electron chi connectivity index (χ1n) is 11.6. The minimum atomic E-state index is -3.54. The first-order valence-corrected chi connectivity index (χ1v) is 13.1. The van der Waals surface area contributed by atoms with Gasteiger partial charge in [0.25, 0.3) is 11.5 Å². The second kappa shape index (κ2) is 9.19. The fourth-order valence-electron chi connectivity index (χ4n) is 4.75. The van der Waals surface area contributed by atoms with E-state index in [4.69, 9.17) is 0 Å². The van der Waals surface area contributed by atoms with Gasteiger partial charge in [0.1, 0.15) is 5.56 Å². The number of fused-ring (bicyclic) bond motifs is 1. The highest BCUT2D eigenvalue weighted by Gasteiger charge is 2.31. The van der Waals surface area contributed by atoms with Gasteiger partial charge >= 0.3 is 0 Å². The van der Waals surface area contributed by atoms with Crippen LogP contribution in [0.15, 0.2) is 76.6 Å². The van der Waals surface area contributed by atoms with Crippen LogP contribution in [0.4, 0.5) is 5.69 Å². The molecule has 0 saturated carbocycles. The number of aromatic nitrogens is 1. The average Bonchev–Trinajstić information content (AvgIpc) is 3.29. The van der Waals surface area contributed by atoms with Gasteiger partial charge in [-0.1, -0.05) is 36.8 Å². The van der Waals surface area contributed by atoms with E-state index in [0.717, 1.165) is 30.4 Å². The number of pyridine rings is 1. The van der Waals surface area contributed by atoms with Crippen molar-refractivity contribution in [2.45, 2.75) is 37.1 Å². The molecule has 2 aliphatic rings. The van der Waals surface area contributed by atoms with Crippen molar-refractivity contribution < 1.29 is 13.2 Å². The molecule has 0 N–H and O–H groups in total. The van der Waals surface area contributed by atoms with Gasteiger partial charge in [0.05, 0.1) is 11.4 Å². The van der Waals surface area contributed by atoms with Crippen molar-refractivity contribution in [2.24, 2.45) is 0 Å². The summed E-state index contributed by atoms with van der Waals surface area (Å²) in [5.74, 6) is -0.363. The maximum Gasteiger partial charge on any atom is 0.263 e. The third kappa shape index (κ3) is 4.19. The summed E-state index contributed by atoms with van der Waals surface area (Å²) in [5, 5.41) is 0. The summed E-state index contributed by atoms with van der Waals surface area (Å²) in [6, 6.07) is 17.8. The first-order chi connectivity index (χ1) is 16.4. The molecule has 0 spiro atoms. The van der Waals surface area contributed by atoms with Crippen molar-refractivity contribution >= 4 is 21.6 Å². The van der Waals surface area contributed by atoms with Gasteiger partial charge in [-0.05, 0) is 60.7 Å². The normalized spacial score (nSPS) is 16.4. The van der Waals surface area contributed by atoms with Gasteiger partial charge in [-0.2, -0.15) is 4.31 Å². The molecule has 1 saturated heterocycles. The SMILES string of the molecule is O=C(c1cccn(Cc2ccccc2)c1=O)N1CCc2cc(S(=O)(=O)N3CCCCC3)ccc21. The topological polar surface area (TPSA) is 79.7 Å². The molecular weight excluding hydrogens is 450 g/mol. The van der Waals surface area contributed by atoms with Crippen molar-refractivity contribution in [3.63, 3.8) is 0 Å². The van der Waals surface area contributed by atoms with E-state index in [0.29, 0.717) is 38.3 Å². The number of nitrogens with zero attached hydrogens (tertiary/aromatic N) is 3. The molecule has 2 aliphatic heterocycles. The Kier molecular flexibility index (Phi) is 6.10. The second-order valence-electron chi connectivity index (χ2n) is 8.80. The van der Waals surface area contributed by atoms with Gasteiger partial charge in [0.15, 0.2) is 0 Å². The summed E-state index contributed by atoms with van der Waals surface area (Å²) in [7, 11) is -3.54. The summed E-state index contributed by atoms with van der Waals surface area (Å²) in [5.41, 5.74) is 2.22. The lowest BCUT2D eigenvalue weighted by Gasteiger charge is -2.26. The molecule has 1 fully saturated rings. The van der Waals surface area contributed by atoms with E-state index in [9.17, 15) is 18.0 Å². The van der Waals surface area contributed by atoms with Crippen LogP contribution in [-0.2, 0) is 23.0 Å². The van der Waals surface area contributed by atoms with Gasteiger partial charge in [0.2, 0.25) is 10.0 Å². The Morgan fingerprint density at radius 3 is 2.41 bits per heavy atom. The minimum absolute atomic E-state index is 0.108. The van der Waals surface area contributed by atoms with E-state index in [1.807, 2.05) is 30.3 Å². The maximum atomic E-state index is 13.4. The molecule has 5 rings (SSSR count). The molecule has 176 valence electrons. The Bertz CT molecular complexity index is 1380. The maximum absolute atomic E-state index is 13.4. The van der Waals surface area contributed by atoms with Crippen LogP contribution in [0.1, 0.15) is 40.7 Å². The standard InChI is InChI=1S/C26H27N3O4S/c30-25-23(10-7-14-27(25)19-20-8-3-1-4-9-20)26(31)29-17-13-21-18-22(11-12-24(21)29)34(32,33)28-15-5-2-6-16-28/h1,3-4,7-12,14,18H,2,5-6,13,15-17,19H2. The molecule has 0 atom stereocenters. The number of carbonyl (C=O) groups is 1. The van der Waals surface area contributed by atoms with E-state index >= 15 is 0 Å². The van der Waals surface area contributed by atoms with Gasteiger partial charge < -0.3 is 9.47 Å². The largest absolute Gasteiger partial charge is 0.310 e. The lowest BCUT2D eigenvalue weighted by Crippen LogP contribution is -2.36. The Labute approximate surface area is 199 Å². The number of hydrogen-bond donors (Lipinski definition) is 0. The number of benzene rings is 2. The summed E-state index contributed by atoms with van der Waals surface area (Å²) in [4.78, 5) is 28.3. The fourth-order valence-corrected chi connectivity index (χ4v) is 6.32.